The largest absolute Gasteiger partial charge is 0.362 e. The molecule has 0 amide bonds. The van der Waals surface area contributed by atoms with Gasteiger partial charge in [-0.2, -0.15) is 4.98 Å². The van der Waals surface area contributed by atoms with Gasteiger partial charge in [-0.3, -0.25) is 0 Å². The molecule has 0 saturated carbocycles. The Morgan fingerprint density at radius 2 is 2.05 bits per heavy atom. The standard InChI is InChI=1S/C15H24ClN5S/c1-4-5-17-15(22)20-14-18-12(16)7-13(19-14)21-8-10(2)6-11(3)9-21/h7,10-11H,4-6,8-9H2,1-3H3,(H2,17,18,19,20,22)/t10-,11-/m1/s1. The second-order valence-electron chi connectivity index (χ2n) is 6.10. The van der Waals surface area contributed by atoms with E-state index in [4.69, 9.17) is 23.8 Å². The minimum Gasteiger partial charge on any atom is -0.362 e. The van der Waals surface area contributed by atoms with Gasteiger partial charge in [0.25, 0.3) is 0 Å². The summed E-state index contributed by atoms with van der Waals surface area (Å²) in [5, 5.41) is 7.05. The van der Waals surface area contributed by atoms with Crippen molar-refractivity contribution in [2.24, 2.45) is 11.8 Å². The average Bonchev–Trinajstić information content (AvgIpc) is 2.43. The molecule has 1 aromatic rings. The predicted octanol–water partition coefficient (Wildman–Crippen LogP) is 3.31. The molecule has 22 heavy (non-hydrogen) atoms. The fourth-order valence-electron chi connectivity index (χ4n) is 2.86. The van der Waals surface area contributed by atoms with Gasteiger partial charge >= 0.3 is 0 Å². The molecule has 2 heterocycles. The average molecular weight is 342 g/mol. The molecule has 1 aromatic heterocycles. The summed E-state index contributed by atoms with van der Waals surface area (Å²) in [6.07, 6.45) is 2.26. The van der Waals surface area contributed by atoms with E-state index in [1.807, 2.05) is 6.07 Å². The first-order chi connectivity index (χ1) is 10.5. The molecule has 0 aromatic carbocycles. The highest BCUT2D eigenvalue weighted by Crippen LogP contribution is 2.26. The van der Waals surface area contributed by atoms with Crippen LogP contribution in [0.15, 0.2) is 6.07 Å². The summed E-state index contributed by atoms with van der Waals surface area (Å²) >= 11 is 11.4. The van der Waals surface area contributed by atoms with Crippen LogP contribution < -0.4 is 15.5 Å². The first kappa shape index (κ1) is 17.2. The summed E-state index contributed by atoms with van der Waals surface area (Å²) in [4.78, 5) is 11.0. The van der Waals surface area contributed by atoms with Crippen LogP contribution in [0.4, 0.5) is 11.8 Å². The number of hydrogen-bond donors (Lipinski definition) is 2. The molecule has 1 fully saturated rings. The first-order valence-electron chi connectivity index (χ1n) is 7.82. The predicted molar refractivity (Wildman–Crippen MR) is 96.7 cm³/mol. The number of halogens is 1. The Labute approximate surface area is 142 Å². The van der Waals surface area contributed by atoms with Crippen molar-refractivity contribution in [3.05, 3.63) is 11.2 Å². The zero-order chi connectivity index (χ0) is 16.1. The van der Waals surface area contributed by atoms with E-state index >= 15 is 0 Å². The highest BCUT2D eigenvalue weighted by molar-refractivity contribution is 7.80. The molecule has 2 rings (SSSR count). The minimum atomic E-state index is 0.427. The van der Waals surface area contributed by atoms with Crippen molar-refractivity contribution in [3.63, 3.8) is 0 Å². The van der Waals surface area contributed by atoms with Gasteiger partial charge in [0, 0.05) is 25.7 Å². The highest BCUT2D eigenvalue weighted by atomic mass is 35.5. The van der Waals surface area contributed by atoms with Gasteiger partial charge in [0.15, 0.2) is 5.11 Å². The maximum absolute atomic E-state index is 6.15. The lowest BCUT2D eigenvalue weighted by atomic mass is 9.92. The molecular formula is C15H24ClN5S. The van der Waals surface area contributed by atoms with E-state index in [1.165, 1.54) is 6.42 Å². The van der Waals surface area contributed by atoms with Gasteiger partial charge < -0.3 is 15.5 Å². The van der Waals surface area contributed by atoms with Gasteiger partial charge in [0.05, 0.1) is 0 Å². The van der Waals surface area contributed by atoms with Gasteiger partial charge in [-0.15, -0.1) is 0 Å². The molecular weight excluding hydrogens is 318 g/mol. The molecule has 0 radical (unpaired) electrons. The first-order valence-corrected chi connectivity index (χ1v) is 8.61. The lowest BCUT2D eigenvalue weighted by molar-refractivity contribution is 0.355. The van der Waals surface area contributed by atoms with Crippen LogP contribution in [-0.2, 0) is 0 Å². The van der Waals surface area contributed by atoms with Crippen molar-refractivity contribution in [2.45, 2.75) is 33.6 Å². The van der Waals surface area contributed by atoms with Gasteiger partial charge in [-0.25, -0.2) is 4.98 Å². The van der Waals surface area contributed by atoms with Crippen molar-refractivity contribution in [1.29, 1.82) is 0 Å². The quantitative estimate of drug-likeness (QED) is 0.647. The lowest BCUT2D eigenvalue weighted by Crippen LogP contribution is -2.39. The van der Waals surface area contributed by atoms with Crippen LogP contribution >= 0.6 is 23.8 Å². The minimum absolute atomic E-state index is 0.427. The molecule has 1 saturated heterocycles. The molecule has 0 aliphatic carbocycles. The van der Waals surface area contributed by atoms with Crippen LogP contribution in [0.25, 0.3) is 0 Å². The Morgan fingerprint density at radius 3 is 2.68 bits per heavy atom. The SMILES string of the molecule is CCCNC(=S)Nc1nc(Cl)cc(N2C[C@H](C)C[C@@H](C)C2)n1. The van der Waals surface area contributed by atoms with Crippen molar-refractivity contribution < 1.29 is 0 Å². The number of aromatic nitrogens is 2. The summed E-state index contributed by atoms with van der Waals surface area (Å²) in [5.41, 5.74) is 0. The molecule has 1 aliphatic rings. The zero-order valence-corrected chi connectivity index (χ0v) is 15.0. The number of piperidine rings is 1. The molecule has 0 unspecified atom stereocenters. The van der Waals surface area contributed by atoms with Crippen LogP contribution in [0.3, 0.4) is 0 Å². The van der Waals surface area contributed by atoms with Crippen LogP contribution in [-0.4, -0.2) is 34.7 Å². The Balaban J connectivity index is 2.10. The molecule has 7 heteroatoms. The second kappa shape index (κ2) is 7.92. The van der Waals surface area contributed by atoms with Gasteiger partial charge in [0.2, 0.25) is 5.95 Å². The van der Waals surface area contributed by atoms with Gasteiger partial charge in [-0.05, 0) is 36.9 Å². The van der Waals surface area contributed by atoms with E-state index in [0.717, 1.165) is 31.9 Å². The van der Waals surface area contributed by atoms with Crippen molar-refractivity contribution in [3.8, 4) is 0 Å². The second-order valence-corrected chi connectivity index (χ2v) is 6.90. The van der Waals surface area contributed by atoms with E-state index in [2.05, 4.69) is 46.3 Å². The third-order valence-electron chi connectivity index (χ3n) is 3.64. The molecule has 122 valence electrons. The Kier molecular flexibility index (Phi) is 6.20. The number of anilines is 2. The maximum Gasteiger partial charge on any atom is 0.232 e. The van der Waals surface area contributed by atoms with E-state index < -0.39 is 0 Å². The molecule has 2 N–H and O–H groups in total. The third-order valence-corrected chi connectivity index (χ3v) is 4.08. The van der Waals surface area contributed by atoms with E-state index in [1.54, 1.807) is 0 Å². The summed E-state index contributed by atoms with van der Waals surface area (Å²) in [5.74, 6) is 2.61. The van der Waals surface area contributed by atoms with Crippen LogP contribution in [0, 0.1) is 11.8 Å². The molecule has 0 bridgehead atoms. The summed E-state index contributed by atoms with van der Waals surface area (Å²) in [6.45, 7) is 9.44. The molecule has 0 spiro atoms. The molecule has 2 atom stereocenters. The van der Waals surface area contributed by atoms with Crippen LogP contribution in [0.5, 0.6) is 0 Å². The van der Waals surface area contributed by atoms with Crippen LogP contribution in [0.2, 0.25) is 5.15 Å². The highest BCUT2D eigenvalue weighted by Gasteiger charge is 2.23. The van der Waals surface area contributed by atoms with Crippen LogP contribution in [0.1, 0.15) is 33.6 Å². The Morgan fingerprint density at radius 1 is 1.36 bits per heavy atom. The lowest BCUT2D eigenvalue weighted by Gasteiger charge is -2.35. The summed E-state index contributed by atoms with van der Waals surface area (Å²) < 4.78 is 0. The Hall–Kier alpha value is -1.14. The molecule has 1 aliphatic heterocycles. The molecule has 5 nitrogen and oxygen atoms in total. The fraction of sp³-hybridized carbons (Fsp3) is 0.667. The van der Waals surface area contributed by atoms with Crippen molar-refractivity contribution >= 4 is 40.7 Å². The normalized spacial score (nSPS) is 21.5. The van der Waals surface area contributed by atoms with E-state index in [-0.39, 0.29) is 0 Å². The summed E-state index contributed by atoms with van der Waals surface area (Å²) in [6, 6.07) is 1.82. The van der Waals surface area contributed by atoms with Crippen molar-refractivity contribution in [1.82, 2.24) is 15.3 Å². The fourth-order valence-corrected chi connectivity index (χ4v) is 3.23. The zero-order valence-electron chi connectivity index (χ0n) is 13.4. The maximum atomic E-state index is 6.15. The van der Waals surface area contributed by atoms with Gasteiger partial charge in [-0.1, -0.05) is 32.4 Å². The smallest absolute Gasteiger partial charge is 0.232 e. The van der Waals surface area contributed by atoms with Gasteiger partial charge in [0.1, 0.15) is 11.0 Å². The topological polar surface area (TPSA) is 53.1 Å². The number of thiocarbonyl (C=S) groups is 1. The van der Waals surface area contributed by atoms with E-state index in [0.29, 0.717) is 28.0 Å². The van der Waals surface area contributed by atoms with Crippen molar-refractivity contribution in [2.75, 3.05) is 29.9 Å². The number of nitrogens with zero attached hydrogens (tertiary/aromatic N) is 3. The Bertz CT molecular complexity index is 515. The third kappa shape index (κ3) is 4.95. The monoisotopic (exact) mass is 341 g/mol. The summed E-state index contributed by atoms with van der Waals surface area (Å²) in [7, 11) is 0. The number of hydrogen-bond acceptors (Lipinski definition) is 4. The number of rotatable bonds is 4. The number of nitrogens with one attached hydrogen (secondary N) is 2. The van der Waals surface area contributed by atoms with E-state index in [9.17, 15) is 0 Å².